The molecule has 2 N–H and O–H groups in total. The van der Waals surface area contributed by atoms with Gasteiger partial charge in [-0.1, -0.05) is 42.5 Å². The Hall–Kier alpha value is -3.84. The van der Waals surface area contributed by atoms with E-state index in [4.69, 9.17) is 4.74 Å². The molecule has 2 heterocycles. The van der Waals surface area contributed by atoms with Crippen LogP contribution in [0.25, 0.3) is 0 Å². The smallest absolute Gasteiger partial charge is 0.235 e. The predicted molar refractivity (Wildman–Crippen MR) is 156 cm³/mol. The number of carbonyl (C=O) groups excluding carboxylic acids is 2. The van der Waals surface area contributed by atoms with Crippen molar-refractivity contribution in [3.8, 4) is 5.75 Å². The van der Waals surface area contributed by atoms with Gasteiger partial charge in [0.25, 0.3) is 0 Å². The fourth-order valence-electron chi connectivity index (χ4n) is 5.37. The number of hydrogen-bond acceptors (Lipinski definition) is 6. The zero-order valence-electron chi connectivity index (χ0n) is 22.5. The van der Waals surface area contributed by atoms with Crippen molar-refractivity contribution in [2.45, 2.75) is 49.7 Å². The van der Waals surface area contributed by atoms with Gasteiger partial charge in [0.05, 0.1) is 13.0 Å². The minimum atomic E-state index is -0.682. The van der Waals surface area contributed by atoms with Crippen LogP contribution < -0.4 is 15.4 Å². The minimum Gasteiger partial charge on any atom is -0.496 e. The van der Waals surface area contributed by atoms with E-state index in [1.54, 1.807) is 25.1 Å². The van der Waals surface area contributed by atoms with Crippen LogP contribution in [0.1, 0.15) is 47.4 Å². The molecule has 0 radical (unpaired) electrons. The number of aryl methyl sites for hydroxylation is 2. The number of ether oxygens (including phenoxy) is 1. The molecule has 0 bridgehead atoms. The maximum Gasteiger partial charge on any atom is 0.235 e. The van der Waals surface area contributed by atoms with E-state index in [0.29, 0.717) is 29.3 Å². The van der Waals surface area contributed by atoms with Gasteiger partial charge < -0.3 is 15.4 Å². The molecule has 3 aromatic rings. The van der Waals surface area contributed by atoms with E-state index >= 15 is 0 Å². The van der Waals surface area contributed by atoms with Crippen molar-refractivity contribution < 1.29 is 14.3 Å². The predicted octanol–water partition coefficient (Wildman–Crippen LogP) is 6.46. The molecule has 6 nitrogen and oxygen atoms in total. The highest BCUT2D eigenvalue weighted by molar-refractivity contribution is 7.98. The highest BCUT2D eigenvalue weighted by atomic mass is 32.2. The number of amides is 1. The summed E-state index contributed by atoms with van der Waals surface area (Å²) in [4.78, 5) is 32.7. The molecule has 2 aliphatic rings. The third-order valence-electron chi connectivity index (χ3n) is 7.40. The fourth-order valence-corrected chi connectivity index (χ4v) is 6.25. The Morgan fingerprint density at radius 3 is 2.69 bits per heavy atom. The number of benzene rings is 2. The molecule has 0 saturated carbocycles. The number of aromatic nitrogens is 1. The molecular formula is C32H33N3O3S. The fraction of sp³-hybridized carbons (Fsp3) is 0.281. The summed E-state index contributed by atoms with van der Waals surface area (Å²) in [7, 11) is 1.66. The number of thioether (sulfide) groups is 1. The van der Waals surface area contributed by atoms with E-state index in [0.717, 1.165) is 41.0 Å². The van der Waals surface area contributed by atoms with Crippen LogP contribution in [0.2, 0.25) is 0 Å². The van der Waals surface area contributed by atoms with Gasteiger partial charge in [0.2, 0.25) is 5.91 Å². The number of rotatable bonds is 7. The second-order valence-corrected chi connectivity index (χ2v) is 11.2. The summed E-state index contributed by atoms with van der Waals surface area (Å²) < 4.78 is 5.70. The summed E-state index contributed by atoms with van der Waals surface area (Å²) in [6.45, 7) is 8.22. The molecule has 39 heavy (non-hydrogen) atoms. The number of anilines is 1. The lowest BCUT2D eigenvalue weighted by atomic mass is 9.71. The Bertz CT molecular complexity index is 1460. The summed E-state index contributed by atoms with van der Waals surface area (Å²) in [5.74, 6) is 0.678. The summed E-state index contributed by atoms with van der Waals surface area (Å²) in [6, 6.07) is 18.2. The highest BCUT2D eigenvalue weighted by Crippen LogP contribution is 2.45. The van der Waals surface area contributed by atoms with E-state index in [1.165, 1.54) is 10.5 Å². The van der Waals surface area contributed by atoms with E-state index in [-0.39, 0.29) is 11.7 Å². The molecule has 2 aromatic carbocycles. The molecule has 0 spiro atoms. The lowest BCUT2D eigenvalue weighted by molar-refractivity contribution is -0.120. The van der Waals surface area contributed by atoms with Gasteiger partial charge in [0.15, 0.2) is 5.78 Å². The molecular weight excluding hydrogens is 506 g/mol. The van der Waals surface area contributed by atoms with Gasteiger partial charge >= 0.3 is 0 Å². The molecule has 0 saturated heterocycles. The quantitative estimate of drug-likeness (QED) is 0.335. The van der Waals surface area contributed by atoms with Crippen LogP contribution in [-0.2, 0) is 15.3 Å². The summed E-state index contributed by atoms with van der Waals surface area (Å²) >= 11 is 1.73. The van der Waals surface area contributed by atoms with Gasteiger partial charge in [-0.2, -0.15) is 0 Å². The SMILES string of the molecule is C=C1NC2=C(C(=O)CCC2)C(c2ccc(OC)c(CSc3ccc(C)cc3)c2)C1C(=O)Nc1ncccc1C. The van der Waals surface area contributed by atoms with E-state index in [2.05, 4.69) is 59.5 Å². The van der Waals surface area contributed by atoms with Crippen LogP contribution in [0.15, 0.2) is 89.2 Å². The monoisotopic (exact) mass is 539 g/mol. The zero-order chi connectivity index (χ0) is 27.5. The number of ketones is 1. The number of nitrogens with zero attached hydrogens (tertiary/aromatic N) is 1. The molecule has 1 amide bonds. The van der Waals surface area contributed by atoms with Gasteiger partial charge in [-0.25, -0.2) is 4.98 Å². The Balaban J connectivity index is 1.54. The number of hydrogen-bond donors (Lipinski definition) is 2. The Morgan fingerprint density at radius 1 is 1.15 bits per heavy atom. The Kier molecular flexibility index (Phi) is 7.89. The van der Waals surface area contributed by atoms with Gasteiger partial charge in [-0.3, -0.25) is 9.59 Å². The second kappa shape index (κ2) is 11.5. The van der Waals surface area contributed by atoms with Crippen LogP contribution in [-0.4, -0.2) is 23.8 Å². The first-order valence-corrected chi connectivity index (χ1v) is 14.1. The molecule has 1 aromatic heterocycles. The van der Waals surface area contributed by atoms with Crippen molar-refractivity contribution in [1.82, 2.24) is 10.3 Å². The molecule has 200 valence electrons. The molecule has 1 aliphatic heterocycles. The standard InChI is InChI=1S/C32H33N3O3S/c1-19-10-13-24(14-11-19)39-18-23-17-22(12-15-27(23)38-4)29-28(32(37)35-31-20(2)7-6-16-33-31)21(3)34-25-8-5-9-26(36)30(25)29/h6-7,10-17,28-29,34H,3,5,8-9,18H2,1-2,4H3,(H,33,35,37). The first-order valence-electron chi connectivity index (χ1n) is 13.2. The van der Waals surface area contributed by atoms with E-state index in [9.17, 15) is 9.59 Å². The van der Waals surface area contributed by atoms with Crippen molar-refractivity contribution in [1.29, 1.82) is 0 Å². The molecule has 2 atom stereocenters. The first kappa shape index (κ1) is 26.8. The number of Topliss-reactive ketones (excluding diaryl/α,β-unsaturated/α-hetero) is 1. The van der Waals surface area contributed by atoms with E-state index in [1.807, 2.05) is 31.2 Å². The summed E-state index contributed by atoms with van der Waals surface area (Å²) in [5.41, 5.74) is 6.15. The van der Waals surface area contributed by atoms with Crippen molar-refractivity contribution >= 4 is 29.3 Å². The van der Waals surface area contributed by atoms with Crippen LogP contribution in [0, 0.1) is 19.8 Å². The van der Waals surface area contributed by atoms with Crippen molar-refractivity contribution in [2.75, 3.05) is 12.4 Å². The largest absolute Gasteiger partial charge is 0.496 e. The minimum absolute atomic E-state index is 0.0828. The Labute approximate surface area is 234 Å². The van der Waals surface area contributed by atoms with Gasteiger partial charge in [0.1, 0.15) is 11.6 Å². The van der Waals surface area contributed by atoms with Crippen molar-refractivity contribution in [2.24, 2.45) is 5.92 Å². The second-order valence-electron chi connectivity index (χ2n) is 10.1. The lowest BCUT2D eigenvalue weighted by Gasteiger charge is -2.38. The number of carbonyl (C=O) groups is 2. The maximum absolute atomic E-state index is 13.8. The summed E-state index contributed by atoms with van der Waals surface area (Å²) in [5, 5.41) is 6.32. The van der Waals surface area contributed by atoms with Gasteiger partial charge in [-0.15, -0.1) is 11.8 Å². The number of nitrogens with one attached hydrogen (secondary N) is 2. The Morgan fingerprint density at radius 2 is 1.95 bits per heavy atom. The van der Waals surface area contributed by atoms with Crippen LogP contribution in [0.3, 0.4) is 0 Å². The molecule has 2 unspecified atom stereocenters. The lowest BCUT2D eigenvalue weighted by Crippen LogP contribution is -2.42. The van der Waals surface area contributed by atoms with Crippen LogP contribution >= 0.6 is 11.8 Å². The number of methoxy groups -OCH3 is 1. The molecule has 5 rings (SSSR count). The van der Waals surface area contributed by atoms with Crippen molar-refractivity contribution in [3.63, 3.8) is 0 Å². The molecule has 1 aliphatic carbocycles. The molecule has 0 fully saturated rings. The van der Waals surface area contributed by atoms with Crippen LogP contribution in [0.4, 0.5) is 5.82 Å². The normalized spacial score (nSPS) is 18.8. The molecule has 7 heteroatoms. The zero-order valence-corrected chi connectivity index (χ0v) is 23.4. The average molecular weight is 540 g/mol. The van der Waals surface area contributed by atoms with E-state index < -0.39 is 11.8 Å². The highest BCUT2D eigenvalue weighted by Gasteiger charge is 2.43. The van der Waals surface area contributed by atoms with Crippen LogP contribution in [0.5, 0.6) is 5.75 Å². The summed E-state index contributed by atoms with van der Waals surface area (Å²) in [6.07, 6.45) is 3.68. The number of allylic oxidation sites excluding steroid dienone is 2. The van der Waals surface area contributed by atoms with Gasteiger partial charge in [-0.05, 0) is 62.1 Å². The topological polar surface area (TPSA) is 80.3 Å². The third-order valence-corrected chi connectivity index (χ3v) is 8.46. The van der Waals surface area contributed by atoms with Gasteiger partial charge in [0, 0.05) is 51.7 Å². The van der Waals surface area contributed by atoms with Crippen molar-refractivity contribution in [3.05, 3.63) is 107 Å². The third kappa shape index (κ3) is 5.64. The average Bonchev–Trinajstić information content (AvgIpc) is 2.93. The first-order chi connectivity index (χ1) is 18.9. The maximum atomic E-state index is 13.8. The number of pyridine rings is 1.